The molecule has 0 aromatic heterocycles. The summed E-state index contributed by atoms with van der Waals surface area (Å²) in [5.41, 5.74) is 0.575. The van der Waals surface area contributed by atoms with Gasteiger partial charge in [-0.3, -0.25) is 4.79 Å². The van der Waals surface area contributed by atoms with Gasteiger partial charge in [0.2, 0.25) is 0 Å². The lowest BCUT2D eigenvalue weighted by molar-refractivity contribution is -0.119. The molecule has 124 valence electrons. The fourth-order valence-electron chi connectivity index (χ4n) is 6.81. The van der Waals surface area contributed by atoms with Crippen LogP contribution in [0.5, 0.6) is 0 Å². The summed E-state index contributed by atoms with van der Waals surface area (Å²) in [6.07, 6.45) is 15.6. The van der Waals surface area contributed by atoms with Gasteiger partial charge in [0.05, 0.1) is 0 Å². The Bertz CT molecular complexity index is 626. The minimum Gasteiger partial charge on any atom is -0.377 e. The molecule has 4 aliphatic carbocycles. The molecule has 5 unspecified atom stereocenters. The normalized spacial score (nSPS) is 52.0. The zero-order valence-corrected chi connectivity index (χ0v) is 14.4. The molecule has 0 amide bonds. The van der Waals surface area contributed by atoms with E-state index < -0.39 is 5.60 Å². The summed E-state index contributed by atoms with van der Waals surface area (Å²) in [7, 11) is 0. The average molecular weight is 312 g/mol. The number of allylic oxidation sites excluding steroid dienone is 1. The number of terminal acetylenes is 1. The number of rotatable bonds is 0. The summed E-state index contributed by atoms with van der Waals surface area (Å²) in [4.78, 5) is 11.8. The molecule has 0 aromatic rings. The third-order valence-corrected chi connectivity index (χ3v) is 8.35. The quantitative estimate of drug-likeness (QED) is 0.689. The molecule has 4 rings (SSSR count). The molecule has 0 aliphatic heterocycles. The van der Waals surface area contributed by atoms with Gasteiger partial charge in [-0.25, -0.2) is 0 Å². The highest BCUT2D eigenvalue weighted by molar-refractivity contribution is 5.91. The van der Waals surface area contributed by atoms with Gasteiger partial charge in [-0.15, -0.1) is 6.42 Å². The second kappa shape index (κ2) is 4.73. The maximum Gasteiger partial charge on any atom is 0.155 e. The molecule has 0 bridgehead atoms. The van der Waals surface area contributed by atoms with Gasteiger partial charge in [-0.05, 0) is 74.2 Å². The number of hydrogen-bond acceptors (Lipinski definition) is 2. The predicted octanol–water partition coefficient (Wildman–Crippen LogP) is 3.88. The van der Waals surface area contributed by atoms with Crippen molar-refractivity contribution in [3.8, 4) is 12.3 Å². The van der Waals surface area contributed by atoms with Gasteiger partial charge in [0.1, 0.15) is 5.60 Å². The first-order valence-corrected chi connectivity index (χ1v) is 9.28. The van der Waals surface area contributed by atoms with Crippen molar-refractivity contribution in [3.63, 3.8) is 0 Å². The molecule has 6 atom stereocenters. The first-order chi connectivity index (χ1) is 10.8. The summed E-state index contributed by atoms with van der Waals surface area (Å²) in [5.74, 6) is 4.93. The predicted molar refractivity (Wildman–Crippen MR) is 90.5 cm³/mol. The lowest BCUT2D eigenvalue weighted by Gasteiger charge is -2.58. The summed E-state index contributed by atoms with van der Waals surface area (Å²) >= 11 is 0. The van der Waals surface area contributed by atoms with Crippen LogP contribution in [0.3, 0.4) is 0 Å². The van der Waals surface area contributed by atoms with Gasteiger partial charge in [-0.1, -0.05) is 25.3 Å². The van der Waals surface area contributed by atoms with Crippen LogP contribution in [0.1, 0.15) is 65.2 Å². The van der Waals surface area contributed by atoms with E-state index in [1.54, 1.807) is 0 Å². The van der Waals surface area contributed by atoms with Gasteiger partial charge >= 0.3 is 0 Å². The Kier molecular flexibility index (Phi) is 3.18. The van der Waals surface area contributed by atoms with Crippen LogP contribution >= 0.6 is 0 Å². The van der Waals surface area contributed by atoms with Gasteiger partial charge in [0.15, 0.2) is 5.78 Å². The third-order valence-electron chi connectivity index (χ3n) is 8.35. The van der Waals surface area contributed by atoms with Crippen LogP contribution in [0, 0.1) is 40.9 Å². The highest BCUT2D eigenvalue weighted by Gasteiger charge is 2.63. The molecule has 2 heteroatoms. The molecule has 2 nitrogen and oxygen atoms in total. The molecule has 1 N–H and O–H groups in total. The monoisotopic (exact) mass is 312 g/mol. The van der Waals surface area contributed by atoms with Crippen molar-refractivity contribution in [1.29, 1.82) is 0 Å². The number of carbonyl (C=O) groups excluding carboxylic acids is 1. The standard InChI is InChI=1S/C21H28O2/c1-4-21(23)12-9-18-16-6-5-14-13-15(22)7-10-19(14,2)17(16)8-11-20(18,21)3/h1,13,16-18,23H,5-12H2,2-3H3/t16?,17?,18?,19?,20?,21-/m1/s1. The Hall–Kier alpha value is -1.07. The Morgan fingerprint density at radius 1 is 1.13 bits per heavy atom. The lowest BCUT2D eigenvalue weighted by Crippen LogP contribution is -2.54. The van der Waals surface area contributed by atoms with E-state index in [9.17, 15) is 9.90 Å². The first-order valence-electron chi connectivity index (χ1n) is 9.28. The van der Waals surface area contributed by atoms with E-state index in [1.807, 2.05) is 6.08 Å². The molecule has 23 heavy (non-hydrogen) atoms. The van der Waals surface area contributed by atoms with Crippen LogP contribution in [0.4, 0.5) is 0 Å². The van der Waals surface area contributed by atoms with E-state index in [4.69, 9.17) is 6.42 Å². The molecule has 3 saturated carbocycles. The van der Waals surface area contributed by atoms with Gasteiger partial charge < -0.3 is 5.11 Å². The molecule has 3 fully saturated rings. The Morgan fingerprint density at radius 2 is 1.87 bits per heavy atom. The fraction of sp³-hybridized carbons (Fsp3) is 0.762. The van der Waals surface area contributed by atoms with Gasteiger partial charge in [-0.2, -0.15) is 0 Å². The third kappa shape index (κ3) is 1.84. The SMILES string of the molecule is C#C[C@@]1(O)CCC2C3CCC4=CC(=O)CCC4(C)C3CCC21C. The first kappa shape index (κ1) is 15.5. The zero-order valence-electron chi connectivity index (χ0n) is 14.4. The van der Waals surface area contributed by atoms with Crippen LogP contribution in [0.25, 0.3) is 0 Å². The van der Waals surface area contributed by atoms with Crippen molar-refractivity contribution in [2.75, 3.05) is 0 Å². The minimum atomic E-state index is -0.914. The van der Waals surface area contributed by atoms with Gasteiger partial charge in [0, 0.05) is 11.8 Å². The smallest absolute Gasteiger partial charge is 0.155 e. The summed E-state index contributed by atoms with van der Waals surface area (Å²) < 4.78 is 0. The van der Waals surface area contributed by atoms with Crippen LogP contribution in [-0.4, -0.2) is 16.5 Å². The van der Waals surface area contributed by atoms with Crippen molar-refractivity contribution in [2.45, 2.75) is 70.8 Å². The van der Waals surface area contributed by atoms with E-state index in [1.165, 1.54) is 12.0 Å². The average Bonchev–Trinajstić information content (AvgIpc) is 2.80. The van der Waals surface area contributed by atoms with Crippen LogP contribution in [-0.2, 0) is 4.79 Å². The van der Waals surface area contributed by atoms with Crippen LogP contribution < -0.4 is 0 Å². The van der Waals surface area contributed by atoms with E-state index in [0.29, 0.717) is 30.0 Å². The molecule has 0 radical (unpaired) electrons. The van der Waals surface area contributed by atoms with Crippen molar-refractivity contribution in [2.24, 2.45) is 28.6 Å². The molecule has 0 spiro atoms. The maximum absolute atomic E-state index is 11.8. The molecule has 0 heterocycles. The summed E-state index contributed by atoms with van der Waals surface area (Å²) in [5, 5.41) is 11.0. The Morgan fingerprint density at radius 3 is 2.61 bits per heavy atom. The Balaban J connectivity index is 1.70. The van der Waals surface area contributed by atoms with E-state index in [-0.39, 0.29) is 10.8 Å². The topological polar surface area (TPSA) is 37.3 Å². The number of fused-ring (bicyclic) bond motifs is 5. The number of ketones is 1. The minimum absolute atomic E-state index is 0.120. The second-order valence-electron chi connectivity index (χ2n) is 8.97. The number of hydrogen-bond donors (Lipinski definition) is 1. The molecular weight excluding hydrogens is 284 g/mol. The van der Waals surface area contributed by atoms with Crippen LogP contribution in [0.2, 0.25) is 0 Å². The number of aliphatic hydroxyl groups is 1. The van der Waals surface area contributed by atoms with Gasteiger partial charge in [0.25, 0.3) is 0 Å². The van der Waals surface area contributed by atoms with Crippen molar-refractivity contribution in [3.05, 3.63) is 11.6 Å². The lowest BCUT2D eigenvalue weighted by atomic mass is 9.46. The fourth-order valence-corrected chi connectivity index (χ4v) is 6.81. The summed E-state index contributed by atoms with van der Waals surface area (Å²) in [6, 6.07) is 0. The zero-order chi connectivity index (χ0) is 16.5. The van der Waals surface area contributed by atoms with Crippen LogP contribution in [0.15, 0.2) is 11.6 Å². The van der Waals surface area contributed by atoms with E-state index in [2.05, 4.69) is 19.8 Å². The molecule has 0 aromatic carbocycles. The largest absolute Gasteiger partial charge is 0.377 e. The van der Waals surface area contributed by atoms with E-state index >= 15 is 0 Å². The molecule has 0 saturated heterocycles. The van der Waals surface area contributed by atoms with E-state index in [0.717, 1.165) is 38.5 Å². The molecular formula is C21H28O2. The highest BCUT2D eigenvalue weighted by Crippen LogP contribution is 2.67. The maximum atomic E-state index is 11.8. The summed E-state index contributed by atoms with van der Waals surface area (Å²) in [6.45, 7) is 4.63. The number of carbonyl (C=O) groups is 1. The van der Waals surface area contributed by atoms with Crippen molar-refractivity contribution >= 4 is 5.78 Å². The Labute approximate surface area is 139 Å². The van der Waals surface area contributed by atoms with Crippen molar-refractivity contribution in [1.82, 2.24) is 0 Å². The van der Waals surface area contributed by atoms with Crippen molar-refractivity contribution < 1.29 is 9.90 Å². The highest BCUT2D eigenvalue weighted by atomic mass is 16.3. The second-order valence-corrected chi connectivity index (χ2v) is 8.97. The molecule has 4 aliphatic rings.